The molecule has 1 rings (SSSR count). The third-order valence-corrected chi connectivity index (χ3v) is 1.46. The van der Waals surface area contributed by atoms with Gasteiger partial charge < -0.3 is 10.3 Å². The zero-order valence-corrected chi connectivity index (χ0v) is 7.73. The van der Waals surface area contributed by atoms with E-state index in [0.717, 1.165) is 11.5 Å². The minimum Gasteiger partial charge on any atom is -0.394 e. The number of hydrogen-bond acceptors (Lipinski definition) is 3. The quantitative estimate of drug-likeness (QED) is 0.713. The SMILES string of the molecule is Cc1noc(C(C)C)c1N.Cl. The van der Waals surface area contributed by atoms with Crippen molar-refractivity contribution in [3.63, 3.8) is 0 Å². The number of halogens is 1. The summed E-state index contributed by atoms with van der Waals surface area (Å²) in [5.41, 5.74) is 7.12. The summed E-state index contributed by atoms with van der Waals surface area (Å²) in [4.78, 5) is 0. The van der Waals surface area contributed by atoms with Gasteiger partial charge in [-0.2, -0.15) is 0 Å². The number of aryl methyl sites for hydroxylation is 1. The predicted molar refractivity (Wildman–Crippen MR) is 47.0 cm³/mol. The molecule has 0 saturated heterocycles. The van der Waals surface area contributed by atoms with Crippen LogP contribution in [-0.2, 0) is 0 Å². The summed E-state index contributed by atoms with van der Waals surface area (Å²) in [5, 5.41) is 3.74. The van der Waals surface area contributed by atoms with Crippen molar-refractivity contribution in [1.29, 1.82) is 0 Å². The van der Waals surface area contributed by atoms with E-state index in [0.29, 0.717) is 11.6 Å². The van der Waals surface area contributed by atoms with Gasteiger partial charge in [0, 0.05) is 5.92 Å². The Morgan fingerprint density at radius 3 is 2.18 bits per heavy atom. The zero-order valence-electron chi connectivity index (χ0n) is 6.92. The lowest BCUT2D eigenvalue weighted by molar-refractivity contribution is 0.368. The largest absolute Gasteiger partial charge is 0.394 e. The second-order valence-corrected chi connectivity index (χ2v) is 2.70. The van der Waals surface area contributed by atoms with Crippen molar-refractivity contribution < 1.29 is 4.52 Å². The van der Waals surface area contributed by atoms with E-state index in [9.17, 15) is 0 Å². The van der Waals surface area contributed by atoms with Crippen LogP contribution in [0.15, 0.2) is 4.52 Å². The van der Waals surface area contributed by atoms with Crippen molar-refractivity contribution in [3.8, 4) is 0 Å². The topological polar surface area (TPSA) is 52.0 Å². The van der Waals surface area contributed by atoms with Gasteiger partial charge in [0.05, 0.1) is 5.69 Å². The van der Waals surface area contributed by atoms with Crippen LogP contribution in [0.5, 0.6) is 0 Å². The summed E-state index contributed by atoms with van der Waals surface area (Å²) >= 11 is 0. The number of rotatable bonds is 1. The van der Waals surface area contributed by atoms with E-state index >= 15 is 0 Å². The second-order valence-electron chi connectivity index (χ2n) is 2.70. The average Bonchev–Trinajstić information content (AvgIpc) is 2.14. The first-order chi connectivity index (χ1) is 4.63. The number of aromatic nitrogens is 1. The van der Waals surface area contributed by atoms with E-state index in [1.165, 1.54) is 0 Å². The van der Waals surface area contributed by atoms with Crippen LogP contribution in [0, 0.1) is 6.92 Å². The summed E-state index contributed by atoms with van der Waals surface area (Å²) in [6, 6.07) is 0. The third kappa shape index (κ3) is 1.87. The first kappa shape index (κ1) is 10.3. The van der Waals surface area contributed by atoms with Gasteiger partial charge in [-0.25, -0.2) is 0 Å². The van der Waals surface area contributed by atoms with Gasteiger partial charge in [0.2, 0.25) is 0 Å². The fraction of sp³-hybridized carbons (Fsp3) is 0.571. The third-order valence-electron chi connectivity index (χ3n) is 1.46. The number of nitrogens with two attached hydrogens (primary N) is 1. The van der Waals surface area contributed by atoms with Gasteiger partial charge in [-0.05, 0) is 6.92 Å². The molecule has 0 aliphatic heterocycles. The van der Waals surface area contributed by atoms with Gasteiger partial charge >= 0.3 is 0 Å². The van der Waals surface area contributed by atoms with E-state index in [2.05, 4.69) is 5.16 Å². The van der Waals surface area contributed by atoms with Gasteiger partial charge in [0.25, 0.3) is 0 Å². The fourth-order valence-corrected chi connectivity index (χ4v) is 0.811. The van der Waals surface area contributed by atoms with Crippen LogP contribution in [0.4, 0.5) is 5.69 Å². The van der Waals surface area contributed by atoms with E-state index in [1.54, 1.807) is 0 Å². The molecule has 0 atom stereocenters. The molecule has 0 amide bonds. The van der Waals surface area contributed by atoms with E-state index in [1.807, 2.05) is 20.8 Å². The lowest BCUT2D eigenvalue weighted by Crippen LogP contribution is -1.92. The molecule has 0 aliphatic carbocycles. The smallest absolute Gasteiger partial charge is 0.162 e. The molecule has 0 spiro atoms. The molecule has 1 heterocycles. The molecule has 0 fully saturated rings. The van der Waals surface area contributed by atoms with Crippen LogP contribution >= 0.6 is 12.4 Å². The highest BCUT2D eigenvalue weighted by Gasteiger charge is 2.11. The fourth-order valence-electron chi connectivity index (χ4n) is 0.811. The molecule has 0 saturated carbocycles. The monoisotopic (exact) mass is 176 g/mol. The van der Waals surface area contributed by atoms with Gasteiger partial charge in [-0.3, -0.25) is 0 Å². The normalized spacial score (nSPS) is 9.82. The highest BCUT2D eigenvalue weighted by molar-refractivity contribution is 5.85. The van der Waals surface area contributed by atoms with E-state index in [-0.39, 0.29) is 12.4 Å². The van der Waals surface area contributed by atoms with Crippen molar-refractivity contribution in [1.82, 2.24) is 5.16 Å². The van der Waals surface area contributed by atoms with Crippen molar-refractivity contribution in [2.75, 3.05) is 5.73 Å². The van der Waals surface area contributed by atoms with Crippen molar-refractivity contribution in [3.05, 3.63) is 11.5 Å². The Bertz CT molecular complexity index is 232. The Labute approximate surface area is 72.3 Å². The van der Waals surface area contributed by atoms with Crippen LogP contribution in [0.1, 0.15) is 31.2 Å². The molecule has 11 heavy (non-hydrogen) atoms. The van der Waals surface area contributed by atoms with E-state index in [4.69, 9.17) is 10.3 Å². The minimum absolute atomic E-state index is 0. The minimum atomic E-state index is 0. The van der Waals surface area contributed by atoms with Gasteiger partial charge in [-0.15, -0.1) is 12.4 Å². The van der Waals surface area contributed by atoms with Crippen LogP contribution in [0.2, 0.25) is 0 Å². The summed E-state index contributed by atoms with van der Waals surface area (Å²) in [7, 11) is 0. The predicted octanol–water partition coefficient (Wildman–Crippen LogP) is 2.11. The molecule has 4 heteroatoms. The molecule has 64 valence electrons. The standard InChI is InChI=1S/C7H12N2O.ClH/c1-4(2)7-6(8)5(3)9-10-7;/h4H,8H2,1-3H3;1H. The average molecular weight is 177 g/mol. The maximum absolute atomic E-state index is 5.65. The molecule has 0 aromatic carbocycles. The Morgan fingerprint density at radius 1 is 1.45 bits per heavy atom. The van der Waals surface area contributed by atoms with Crippen LogP contribution in [0.25, 0.3) is 0 Å². The summed E-state index contributed by atoms with van der Waals surface area (Å²) in [6.45, 7) is 5.89. The van der Waals surface area contributed by atoms with Crippen molar-refractivity contribution in [2.45, 2.75) is 26.7 Å². The summed E-state index contributed by atoms with van der Waals surface area (Å²) in [6.07, 6.45) is 0. The van der Waals surface area contributed by atoms with E-state index < -0.39 is 0 Å². The molecule has 2 N–H and O–H groups in total. The maximum atomic E-state index is 5.65. The highest BCUT2D eigenvalue weighted by Crippen LogP contribution is 2.23. The number of nitrogens with zero attached hydrogens (tertiary/aromatic N) is 1. The van der Waals surface area contributed by atoms with Gasteiger partial charge in [0.1, 0.15) is 5.69 Å². The first-order valence-corrected chi connectivity index (χ1v) is 3.34. The molecular formula is C7H13ClN2O. The Morgan fingerprint density at radius 2 is 2.00 bits per heavy atom. The number of anilines is 1. The second kappa shape index (κ2) is 3.62. The first-order valence-electron chi connectivity index (χ1n) is 3.34. The van der Waals surface area contributed by atoms with Crippen molar-refractivity contribution in [2.24, 2.45) is 0 Å². The molecule has 1 aromatic rings. The molecule has 0 radical (unpaired) electrons. The zero-order chi connectivity index (χ0) is 7.72. The molecule has 0 unspecified atom stereocenters. The number of nitrogen functional groups attached to an aromatic ring is 1. The van der Waals surface area contributed by atoms with Crippen LogP contribution in [0.3, 0.4) is 0 Å². The Hall–Kier alpha value is -0.700. The molecular weight excluding hydrogens is 164 g/mol. The summed E-state index contributed by atoms with van der Waals surface area (Å²) < 4.78 is 4.98. The molecule has 3 nitrogen and oxygen atoms in total. The Kier molecular flexibility index (Phi) is 3.39. The van der Waals surface area contributed by atoms with Gasteiger partial charge in [0.15, 0.2) is 5.76 Å². The highest BCUT2D eigenvalue weighted by atomic mass is 35.5. The maximum Gasteiger partial charge on any atom is 0.162 e. The summed E-state index contributed by atoms with van der Waals surface area (Å²) in [5.74, 6) is 1.11. The number of hydrogen-bond donors (Lipinski definition) is 1. The molecule has 1 aromatic heterocycles. The Balaban J connectivity index is 0.000001000. The van der Waals surface area contributed by atoms with Crippen LogP contribution < -0.4 is 5.73 Å². The lowest BCUT2D eigenvalue weighted by atomic mass is 10.1. The van der Waals surface area contributed by atoms with Crippen molar-refractivity contribution >= 4 is 18.1 Å². The molecule has 0 aliphatic rings. The van der Waals surface area contributed by atoms with Crippen LogP contribution in [-0.4, -0.2) is 5.16 Å². The lowest BCUT2D eigenvalue weighted by Gasteiger charge is -1.97. The molecule has 0 bridgehead atoms. The van der Waals surface area contributed by atoms with Gasteiger partial charge in [-0.1, -0.05) is 19.0 Å².